The van der Waals surface area contributed by atoms with Crippen LogP contribution in [0.25, 0.3) is 0 Å². The Balaban J connectivity index is 2.63. The lowest BCUT2D eigenvalue weighted by molar-refractivity contribution is 0.0988. The van der Waals surface area contributed by atoms with Crippen molar-refractivity contribution in [3.8, 4) is 5.75 Å². The van der Waals surface area contributed by atoms with Gasteiger partial charge < -0.3 is 4.74 Å². The van der Waals surface area contributed by atoms with Crippen LogP contribution in [0.4, 0.5) is 0 Å². The van der Waals surface area contributed by atoms with Crippen molar-refractivity contribution < 1.29 is 9.53 Å². The van der Waals surface area contributed by atoms with Crippen molar-refractivity contribution in [2.75, 3.05) is 6.61 Å². The molecule has 94 valence electrons. The molecular formula is C14H19BrO2. The van der Waals surface area contributed by atoms with Crippen molar-refractivity contribution in [1.29, 1.82) is 0 Å². The first kappa shape index (κ1) is 14.2. The number of carbonyl (C=O) groups excluding carboxylic acids is 1. The average molecular weight is 299 g/mol. The van der Waals surface area contributed by atoms with Gasteiger partial charge >= 0.3 is 0 Å². The van der Waals surface area contributed by atoms with E-state index in [1.165, 1.54) is 0 Å². The van der Waals surface area contributed by atoms with Crippen molar-refractivity contribution in [3.63, 3.8) is 0 Å². The van der Waals surface area contributed by atoms with Crippen LogP contribution in [0, 0.1) is 0 Å². The summed E-state index contributed by atoms with van der Waals surface area (Å²) in [5, 5.41) is 0. The minimum Gasteiger partial charge on any atom is -0.494 e. The number of benzene rings is 1. The molecule has 1 atom stereocenters. The highest BCUT2D eigenvalue weighted by molar-refractivity contribution is 9.10. The number of hydrogen-bond acceptors (Lipinski definition) is 2. The van der Waals surface area contributed by atoms with Gasteiger partial charge in [-0.25, -0.2) is 0 Å². The van der Waals surface area contributed by atoms with Crippen LogP contribution in [-0.4, -0.2) is 17.2 Å². The molecule has 1 unspecified atom stereocenters. The fraction of sp³-hybridized carbons (Fsp3) is 0.500. The molecule has 0 aliphatic heterocycles. The Morgan fingerprint density at radius 3 is 2.41 bits per heavy atom. The van der Waals surface area contributed by atoms with E-state index < -0.39 is 0 Å². The van der Waals surface area contributed by atoms with Crippen molar-refractivity contribution in [2.45, 2.75) is 37.9 Å². The third kappa shape index (κ3) is 4.50. The summed E-state index contributed by atoms with van der Waals surface area (Å²) in [5.74, 6) is 0.971. The number of hydrogen-bond donors (Lipinski definition) is 0. The van der Waals surface area contributed by atoms with Crippen LogP contribution in [0.1, 0.15) is 43.5 Å². The summed E-state index contributed by atoms with van der Waals surface area (Å²) in [6.45, 7) is 4.85. The van der Waals surface area contributed by atoms with Gasteiger partial charge in [-0.1, -0.05) is 36.2 Å². The molecule has 0 N–H and O–H groups in total. The number of rotatable bonds is 7. The molecule has 0 radical (unpaired) electrons. The Morgan fingerprint density at radius 1 is 1.24 bits per heavy atom. The fourth-order valence-corrected chi connectivity index (χ4v) is 2.22. The molecule has 1 aromatic carbocycles. The first-order valence-electron chi connectivity index (χ1n) is 6.10. The van der Waals surface area contributed by atoms with Crippen LogP contribution in [0.2, 0.25) is 0 Å². The zero-order valence-electron chi connectivity index (χ0n) is 10.4. The Bertz CT molecular complexity index is 346. The molecule has 0 saturated carbocycles. The molecule has 3 heteroatoms. The average Bonchev–Trinajstić information content (AvgIpc) is 2.36. The molecule has 0 heterocycles. The standard InChI is InChI=1S/C14H19BrO2/c1-3-5-13(15)14(16)11-6-8-12(9-7-11)17-10-4-2/h6-9,13H,3-5,10H2,1-2H3. The predicted molar refractivity (Wildman–Crippen MR) is 74.2 cm³/mol. The quantitative estimate of drug-likeness (QED) is 0.556. The highest BCUT2D eigenvalue weighted by atomic mass is 79.9. The van der Waals surface area contributed by atoms with E-state index in [1.54, 1.807) is 0 Å². The number of halogens is 1. The van der Waals surface area contributed by atoms with E-state index in [0.29, 0.717) is 6.61 Å². The number of carbonyl (C=O) groups is 1. The summed E-state index contributed by atoms with van der Waals surface area (Å²) in [7, 11) is 0. The van der Waals surface area contributed by atoms with Gasteiger partial charge in [0.15, 0.2) is 5.78 Å². The molecule has 0 saturated heterocycles. The lowest BCUT2D eigenvalue weighted by Crippen LogP contribution is -2.13. The minimum absolute atomic E-state index is 0.0742. The van der Waals surface area contributed by atoms with Crippen LogP contribution in [0.15, 0.2) is 24.3 Å². The van der Waals surface area contributed by atoms with Gasteiger partial charge in [0.1, 0.15) is 5.75 Å². The molecule has 0 aliphatic rings. The van der Waals surface area contributed by atoms with E-state index in [2.05, 4.69) is 29.8 Å². The third-order valence-electron chi connectivity index (χ3n) is 2.44. The largest absolute Gasteiger partial charge is 0.494 e. The van der Waals surface area contributed by atoms with E-state index in [0.717, 1.165) is 30.6 Å². The third-order valence-corrected chi connectivity index (χ3v) is 3.31. The maximum Gasteiger partial charge on any atom is 0.176 e. The van der Waals surface area contributed by atoms with Crippen LogP contribution in [0.5, 0.6) is 5.75 Å². The molecule has 0 amide bonds. The minimum atomic E-state index is -0.0742. The second kappa shape index (κ2) is 7.49. The van der Waals surface area contributed by atoms with E-state index in [-0.39, 0.29) is 10.6 Å². The molecular weight excluding hydrogens is 280 g/mol. The lowest BCUT2D eigenvalue weighted by Gasteiger charge is -2.08. The normalized spacial score (nSPS) is 12.2. The smallest absolute Gasteiger partial charge is 0.176 e. The van der Waals surface area contributed by atoms with Crippen molar-refractivity contribution in [3.05, 3.63) is 29.8 Å². The zero-order valence-corrected chi connectivity index (χ0v) is 12.0. The van der Waals surface area contributed by atoms with Gasteiger partial charge in [-0.05, 0) is 37.1 Å². The van der Waals surface area contributed by atoms with Crippen molar-refractivity contribution in [2.24, 2.45) is 0 Å². The lowest BCUT2D eigenvalue weighted by atomic mass is 10.1. The Kier molecular flexibility index (Phi) is 6.27. The maximum absolute atomic E-state index is 12.0. The van der Waals surface area contributed by atoms with Gasteiger partial charge in [-0.2, -0.15) is 0 Å². The summed E-state index contributed by atoms with van der Waals surface area (Å²) < 4.78 is 5.47. The summed E-state index contributed by atoms with van der Waals surface area (Å²) in [6, 6.07) is 7.37. The summed E-state index contributed by atoms with van der Waals surface area (Å²) in [4.78, 5) is 11.9. The molecule has 0 spiro atoms. The molecule has 0 bridgehead atoms. The van der Waals surface area contributed by atoms with Gasteiger partial charge in [0.05, 0.1) is 11.4 Å². The van der Waals surface area contributed by atoms with Crippen LogP contribution in [-0.2, 0) is 0 Å². The molecule has 0 aromatic heterocycles. The van der Waals surface area contributed by atoms with E-state index in [9.17, 15) is 4.79 Å². The van der Waals surface area contributed by atoms with Crippen molar-refractivity contribution >= 4 is 21.7 Å². The van der Waals surface area contributed by atoms with Gasteiger partial charge in [-0.15, -0.1) is 0 Å². The number of alkyl halides is 1. The summed E-state index contributed by atoms with van der Waals surface area (Å²) in [5.41, 5.74) is 0.740. The van der Waals surface area contributed by atoms with E-state index in [4.69, 9.17) is 4.74 Å². The second-order valence-electron chi connectivity index (χ2n) is 3.99. The first-order valence-corrected chi connectivity index (χ1v) is 7.01. The van der Waals surface area contributed by atoms with Crippen molar-refractivity contribution in [1.82, 2.24) is 0 Å². The van der Waals surface area contributed by atoms with Gasteiger partial charge in [0.2, 0.25) is 0 Å². The van der Waals surface area contributed by atoms with E-state index >= 15 is 0 Å². The second-order valence-corrected chi connectivity index (χ2v) is 5.10. The molecule has 0 aliphatic carbocycles. The van der Waals surface area contributed by atoms with Gasteiger partial charge in [0.25, 0.3) is 0 Å². The summed E-state index contributed by atoms with van der Waals surface area (Å²) in [6.07, 6.45) is 2.85. The van der Waals surface area contributed by atoms with E-state index in [1.807, 2.05) is 24.3 Å². The highest BCUT2D eigenvalue weighted by Gasteiger charge is 2.15. The van der Waals surface area contributed by atoms with Crippen LogP contribution in [0.3, 0.4) is 0 Å². The molecule has 1 rings (SSSR count). The van der Waals surface area contributed by atoms with Gasteiger partial charge in [-0.3, -0.25) is 4.79 Å². The Labute approximate surface area is 111 Å². The molecule has 1 aromatic rings. The topological polar surface area (TPSA) is 26.3 Å². The Hall–Kier alpha value is -0.830. The predicted octanol–water partition coefficient (Wildman–Crippen LogP) is 4.22. The van der Waals surface area contributed by atoms with Crippen LogP contribution >= 0.6 is 15.9 Å². The SMILES string of the molecule is CCCOc1ccc(C(=O)C(Br)CCC)cc1. The first-order chi connectivity index (χ1) is 8.19. The van der Waals surface area contributed by atoms with Gasteiger partial charge in [0, 0.05) is 5.56 Å². The number of Topliss-reactive ketones (excluding diaryl/α,β-unsaturated/α-hetero) is 1. The summed E-state index contributed by atoms with van der Waals surface area (Å²) >= 11 is 3.42. The zero-order chi connectivity index (χ0) is 12.7. The number of ketones is 1. The van der Waals surface area contributed by atoms with Crippen LogP contribution < -0.4 is 4.74 Å². The maximum atomic E-state index is 12.0. The molecule has 17 heavy (non-hydrogen) atoms. The number of ether oxygens (including phenoxy) is 1. The monoisotopic (exact) mass is 298 g/mol. The molecule has 0 fully saturated rings. The highest BCUT2D eigenvalue weighted by Crippen LogP contribution is 2.18. The Morgan fingerprint density at radius 2 is 1.88 bits per heavy atom. The fourth-order valence-electron chi connectivity index (χ4n) is 1.50. The molecule has 2 nitrogen and oxygen atoms in total.